The Morgan fingerprint density at radius 1 is 1.20 bits per heavy atom. The second-order valence-corrected chi connectivity index (χ2v) is 6.30. The maximum absolute atomic E-state index is 6.06. The third-order valence-corrected chi connectivity index (χ3v) is 4.74. The average molecular weight is 341 g/mol. The number of hydrogen-bond donors (Lipinski definition) is 1. The Balaban J connectivity index is 2.15. The number of hydrogen-bond acceptors (Lipinski definition) is 3. The molecule has 1 aliphatic heterocycles. The fourth-order valence-electron chi connectivity index (χ4n) is 2.97. The zero-order valence-corrected chi connectivity index (χ0v) is 13.9. The van der Waals surface area contributed by atoms with Crippen molar-refractivity contribution >= 4 is 15.9 Å². The van der Waals surface area contributed by atoms with Crippen LogP contribution in [-0.4, -0.2) is 31.6 Å². The molecule has 0 aromatic heterocycles. The molecule has 1 fully saturated rings. The van der Waals surface area contributed by atoms with Crippen LogP contribution in [0.2, 0.25) is 0 Å². The molecule has 1 saturated heterocycles. The summed E-state index contributed by atoms with van der Waals surface area (Å²) in [5, 5.41) is 0. The van der Waals surface area contributed by atoms with Crippen molar-refractivity contribution in [3.8, 4) is 5.75 Å². The first-order valence-electron chi connectivity index (χ1n) is 7.54. The monoisotopic (exact) mass is 340 g/mol. The van der Waals surface area contributed by atoms with Crippen LogP contribution in [-0.2, 0) is 0 Å². The number of nitrogens with zero attached hydrogens (tertiary/aromatic N) is 1. The molecule has 112 valence electrons. The van der Waals surface area contributed by atoms with Crippen molar-refractivity contribution in [3.63, 3.8) is 0 Å². The van der Waals surface area contributed by atoms with Gasteiger partial charge in [0.2, 0.25) is 0 Å². The van der Waals surface area contributed by atoms with E-state index in [0.717, 1.165) is 23.3 Å². The number of rotatable bonds is 4. The third kappa shape index (κ3) is 3.96. The molecule has 0 bridgehead atoms. The predicted octanol–water partition coefficient (Wildman–Crippen LogP) is 3.72. The molecule has 2 N–H and O–H groups in total. The minimum atomic E-state index is 0.315. The Hall–Kier alpha value is -0.580. The van der Waals surface area contributed by atoms with Crippen LogP contribution in [0.15, 0.2) is 22.7 Å². The second kappa shape index (κ2) is 8.01. The van der Waals surface area contributed by atoms with Crippen molar-refractivity contribution in [1.82, 2.24) is 4.90 Å². The molecule has 1 aromatic carbocycles. The van der Waals surface area contributed by atoms with E-state index in [1.165, 1.54) is 37.7 Å². The number of ether oxygens (including phenoxy) is 1. The normalized spacial score (nSPS) is 19.1. The number of likely N-dealkylation sites (tertiary alicyclic amines) is 1. The second-order valence-electron chi connectivity index (χ2n) is 5.45. The smallest absolute Gasteiger partial charge is 0.133 e. The van der Waals surface area contributed by atoms with E-state index in [4.69, 9.17) is 10.5 Å². The average Bonchev–Trinajstić information content (AvgIpc) is 2.42. The summed E-state index contributed by atoms with van der Waals surface area (Å²) < 4.78 is 6.31. The summed E-state index contributed by atoms with van der Waals surface area (Å²) in [6, 6.07) is 6.62. The fraction of sp³-hybridized carbons (Fsp3) is 0.625. The number of benzene rings is 1. The molecular formula is C16H25BrN2O. The standard InChI is InChI=1S/C16H25BrN2O/c1-20-16-8-7-13(11-14(16)17)15(12-18)19-9-5-3-2-4-6-10-19/h7-8,11,15H,2-6,9-10,12,18H2,1H3. The van der Waals surface area contributed by atoms with Crippen molar-refractivity contribution in [3.05, 3.63) is 28.2 Å². The van der Waals surface area contributed by atoms with E-state index in [0.29, 0.717) is 12.6 Å². The van der Waals surface area contributed by atoms with Gasteiger partial charge in [0, 0.05) is 12.6 Å². The first-order chi connectivity index (χ1) is 9.76. The highest BCUT2D eigenvalue weighted by Gasteiger charge is 2.20. The van der Waals surface area contributed by atoms with E-state index in [1.807, 2.05) is 6.07 Å². The summed E-state index contributed by atoms with van der Waals surface area (Å²) in [4.78, 5) is 2.55. The maximum atomic E-state index is 6.06. The van der Waals surface area contributed by atoms with Crippen LogP contribution >= 0.6 is 15.9 Å². The summed E-state index contributed by atoms with van der Waals surface area (Å²) in [5.41, 5.74) is 7.34. The van der Waals surface area contributed by atoms with Crippen LogP contribution in [0.1, 0.15) is 43.7 Å². The SMILES string of the molecule is COc1ccc(C(CN)N2CCCCCCC2)cc1Br. The lowest BCUT2D eigenvalue weighted by Crippen LogP contribution is -2.36. The number of methoxy groups -OCH3 is 1. The van der Waals surface area contributed by atoms with E-state index in [1.54, 1.807) is 7.11 Å². The van der Waals surface area contributed by atoms with Crippen molar-refractivity contribution in [2.75, 3.05) is 26.7 Å². The lowest BCUT2D eigenvalue weighted by molar-refractivity contribution is 0.183. The summed E-state index contributed by atoms with van der Waals surface area (Å²) in [6.45, 7) is 2.98. The highest BCUT2D eigenvalue weighted by Crippen LogP contribution is 2.30. The Bertz CT molecular complexity index is 417. The zero-order valence-electron chi connectivity index (χ0n) is 12.3. The molecule has 0 saturated carbocycles. The van der Waals surface area contributed by atoms with Crippen LogP contribution in [0, 0.1) is 0 Å². The highest BCUT2D eigenvalue weighted by molar-refractivity contribution is 9.10. The summed E-state index contributed by atoms with van der Waals surface area (Å²) in [7, 11) is 1.69. The Morgan fingerprint density at radius 3 is 2.40 bits per heavy atom. The molecule has 4 heteroatoms. The van der Waals surface area contributed by atoms with Gasteiger partial charge in [0.25, 0.3) is 0 Å². The largest absolute Gasteiger partial charge is 0.496 e. The lowest BCUT2D eigenvalue weighted by atomic mass is 10.0. The maximum Gasteiger partial charge on any atom is 0.133 e. The van der Waals surface area contributed by atoms with Gasteiger partial charge in [-0.3, -0.25) is 4.90 Å². The van der Waals surface area contributed by atoms with Gasteiger partial charge in [0.15, 0.2) is 0 Å². The van der Waals surface area contributed by atoms with Gasteiger partial charge in [-0.1, -0.05) is 25.3 Å². The van der Waals surface area contributed by atoms with Gasteiger partial charge >= 0.3 is 0 Å². The predicted molar refractivity (Wildman–Crippen MR) is 87.1 cm³/mol. The summed E-state index contributed by atoms with van der Waals surface area (Å²) in [5.74, 6) is 0.872. The summed E-state index contributed by atoms with van der Waals surface area (Å²) in [6.07, 6.45) is 6.65. The quantitative estimate of drug-likeness (QED) is 0.907. The molecule has 1 heterocycles. The van der Waals surface area contributed by atoms with Gasteiger partial charge in [-0.05, 0) is 59.6 Å². The molecule has 0 amide bonds. The van der Waals surface area contributed by atoms with Gasteiger partial charge in [-0.15, -0.1) is 0 Å². The molecule has 1 atom stereocenters. The van der Waals surface area contributed by atoms with E-state index in [2.05, 4.69) is 33.0 Å². The van der Waals surface area contributed by atoms with Gasteiger partial charge in [-0.25, -0.2) is 0 Å². The minimum absolute atomic E-state index is 0.315. The van der Waals surface area contributed by atoms with Crippen LogP contribution in [0.25, 0.3) is 0 Å². The van der Waals surface area contributed by atoms with Crippen LogP contribution < -0.4 is 10.5 Å². The molecule has 1 aliphatic rings. The molecule has 1 aromatic rings. The first-order valence-corrected chi connectivity index (χ1v) is 8.33. The van der Waals surface area contributed by atoms with Gasteiger partial charge in [0.05, 0.1) is 11.6 Å². The molecule has 2 rings (SSSR count). The summed E-state index contributed by atoms with van der Waals surface area (Å²) >= 11 is 3.57. The highest BCUT2D eigenvalue weighted by atomic mass is 79.9. The topological polar surface area (TPSA) is 38.5 Å². The van der Waals surface area contributed by atoms with E-state index in [9.17, 15) is 0 Å². The van der Waals surface area contributed by atoms with Crippen molar-refractivity contribution in [1.29, 1.82) is 0 Å². The van der Waals surface area contributed by atoms with Crippen molar-refractivity contribution in [2.24, 2.45) is 5.73 Å². The lowest BCUT2D eigenvalue weighted by Gasteiger charge is -2.32. The van der Waals surface area contributed by atoms with E-state index in [-0.39, 0.29) is 0 Å². The molecular weight excluding hydrogens is 316 g/mol. The van der Waals surface area contributed by atoms with Crippen LogP contribution in [0.4, 0.5) is 0 Å². The molecule has 0 radical (unpaired) electrons. The van der Waals surface area contributed by atoms with Gasteiger partial charge in [0.1, 0.15) is 5.75 Å². The minimum Gasteiger partial charge on any atom is -0.496 e. The number of nitrogens with two attached hydrogens (primary N) is 1. The molecule has 1 unspecified atom stereocenters. The fourth-order valence-corrected chi connectivity index (χ4v) is 3.53. The van der Waals surface area contributed by atoms with Crippen LogP contribution in [0.3, 0.4) is 0 Å². The molecule has 0 aliphatic carbocycles. The molecule has 0 spiro atoms. The molecule has 20 heavy (non-hydrogen) atoms. The Labute approximate surface area is 130 Å². The zero-order chi connectivity index (χ0) is 14.4. The van der Waals surface area contributed by atoms with Gasteiger partial charge in [-0.2, -0.15) is 0 Å². The van der Waals surface area contributed by atoms with Crippen molar-refractivity contribution < 1.29 is 4.74 Å². The van der Waals surface area contributed by atoms with Crippen molar-refractivity contribution in [2.45, 2.75) is 38.1 Å². The van der Waals surface area contributed by atoms with Crippen LogP contribution in [0.5, 0.6) is 5.75 Å². The first kappa shape index (κ1) is 15.8. The third-order valence-electron chi connectivity index (χ3n) is 4.12. The van der Waals surface area contributed by atoms with E-state index < -0.39 is 0 Å². The number of halogens is 1. The van der Waals surface area contributed by atoms with E-state index >= 15 is 0 Å². The Kier molecular flexibility index (Phi) is 6.33. The Morgan fingerprint density at radius 2 is 1.85 bits per heavy atom. The molecule has 3 nitrogen and oxygen atoms in total. The van der Waals surface area contributed by atoms with Gasteiger partial charge < -0.3 is 10.5 Å².